The van der Waals surface area contributed by atoms with Gasteiger partial charge >= 0.3 is 6.09 Å². The highest BCUT2D eigenvalue weighted by atomic mass is 16.6. The number of hydrogen-bond acceptors (Lipinski definition) is 3. The highest BCUT2D eigenvalue weighted by Gasteiger charge is 2.43. The van der Waals surface area contributed by atoms with E-state index in [1.165, 1.54) is 6.42 Å². The van der Waals surface area contributed by atoms with Crippen LogP contribution < -0.4 is 0 Å². The number of ether oxygens (including phenoxy) is 1. The molecular formula is C15H27NO3. The van der Waals surface area contributed by atoms with Gasteiger partial charge in [0, 0.05) is 19.7 Å². The van der Waals surface area contributed by atoms with Gasteiger partial charge in [0.05, 0.1) is 0 Å². The third-order valence-corrected chi connectivity index (χ3v) is 4.27. The molecule has 0 aromatic heterocycles. The van der Waals surface area contributed by atoms with E-state index in [1.807, 2.05) is 25.7 Å². The number of amides is 1. The number of carbonyl (C=O) groups is 1. The standard InChI is InChI=1S/C15H27NO3/c1-15(2,3)19-14(18)16-7-4-11(5-8-16)13-10-12(13)6-9-17/h11-13,17H,4-10H2,1-3H3/t12-,13-/m0/s1. The Morgan fingerprint density at radius 1 is 1.32 bits per heavy atom. The summed E-state index contributed by atoms with van der Waals surface area (Å²) in [6.07, 6.45) is 4.24. The third kappa shape index (κ3) is 4.10. The lowest BCUT2D eigenvalue weighted by Gasteiger charge is -2.33. The van der Waals surface area contributed by atoms with Crippen LogP contribution in [0.4, 0.5) is 4.79 Å². The molecule has 4 heteroatoms. The molecule has 1 aliphatic heterocycles. The molecule has 0 unspecified atom stereocenters. The first kappa shape index (κ1) is 14.6. The first-order valence-corrected chi connectivity index (χ1v) is 7.49. The summed E-state index contributed by atoms with van der Waals surface area (Å²) in [7, 11) is 0. The molecule has 0 aromatic carbocycles. The van der Waals surface area contributed by atoms with Crippen LogP contribution in [0.3, 0.4) is 0 Å². The SMILES string of the molecule is CC(C)(C)OC(=O)N1CCC([C@@H]2C[C@@H]2CCO)CC1. The molecule has 1 N–H and O–H groups in total. The summed E-state index contributed by atoms with van der Waals surface area (Å²) in [5.41, 5.74) is -0.406. The lowest BCUT2D eigenvalue weighted by Crippen LogP contribution is -2.42. The second kappa shape index (κ2) is 5.70. The van der Waals surface area contributed by atoms with Gasteiger partial charge in [-0.25, -0.2) is 4.79 Å². The molecule has 2 atom stereocenters. The van der Waals surface area contributed by atoms with Crippen LogP contribution in [0.25, 0.3) is 0 Å². The monoisotopic (exact) mass is 269 g/mol. The molecule has 4 nitrogen and oxygen atoms in total. The quantitative estimate of drug-likeness (QED) is 0.857. The van der Waals surface area contributed by atoms with E-state index >= 15 is 0 Å². The maximum absolute atomic E-state index is 11.9. The summed E-state index contributed by atoms with van der Waals surface area (Å²) in [5, 5.41) is 8.95. The van der Waals surface area contributed by atoms with Crippen LogP contribution >= 0.6 is 0 Å². The molecule has 2 aliphatic rings. The molecule has 1 amide bonds. The minimum absolute atomic E-state index is 0.173. The molecule has 2 fully saturated rings. The summed E-state index contributed by atoms with van der Waals surface area (Å²) in [5.74, 6) is 2.28. The summed E-state index contributed by atoms with van der Waals surface area (Å²) >= 11 is 0. The van der Waals surface area contributed by atoms with Crippen molar-refractivity contribution in [2.75, 3.05) is 19.7 Å². The first-order valence-electron chi connectivity index (χ1n) is 7.49. The molecule has 110 valence electrons. The molecule has 19 heavy (non-hydrogen) atoms. The molecule has 1 saturated carbocycles. The summed E-state index contributed by atoms with van der Waals surface area (Å²) in [6, 6.07) is 0. The van der Waals surface area contributed by atoms with Gasteiger partial charge in [-0.05, 0) is 64.2 Å². The number of rotatable bonds is 3. The molecule has 1 aliphatic carbocycles. The molecule has 0 radical (unpaired) electrons. The maximum atomic E-state index is 11.9. The van der Waals surface area contributed by atoms with Gasteiger partial charge in [0.2, 0.25) is 0 Å². The molecule has 0 aromatic rings. The number of carbonyl (C=O) groups excluding carboxylic acids is 1. The Morgan fingerprint density at radius 2 is 1.95 bits per heavy atom. The zero-order valence-corrected chi connectivity index (χ0v) is 12.4. The lowest BCUT2D eigenvalue weighted by atomic mass is 9.91. The van der Waals surface area contributed by atoms with Crippen molar-refractivity contribution in [1.82, 2.24) is 4.90 Å². The van der Waals surface area contributed by atoms with Gasteiger partial charge in [0.1, 0.15) is 5.60 Å². The summed E-state index contributed by atoms with van der Waals surface area (Å²) < 4.78 is 5.40. The van der Waals surface area contributed by atoms with Gasteiger partial charge in [-0.2, -0.15) is 0 Å². The fraction of sp³-hybridized carbons (Fsp3) is 0.933. The van der Waals surface area contributed by atoms with E-state index in [2.05, 4.69) is 0 Å². The van der Waals surface area contributed by atoms with Crippen LogP contribution in [-0.2, 0) is 4.74 Å². The molecule has 2 rings (SSSR count). The van der Waals surface area contributed by atoms with Crippen molar-refractivity contribution in [2.45, 2.75) is 52.1 Å². The highest BCUT2D eigenvalue weighted by molar-refractivity contribution is 5.68. The van der Waals surface area contributed by atoms with Crippen molar-refractivity contribution in [1.29, 1.82) is 0 Å². The van der Waals surface area contributed by atoms with Crippen molar-refractivity contribution in [3.8, 4) is 0 Å². The summed E-state index contributed by atoms with van der Waals surface area (Å²) in [6.45, 7) is 7.67. The van der Waals surface area contributed by atoms with Crippen molar-refractivity contribution in [2.24, 2.45) is 17.8 Å². The molecule has 0 spiro atoms. The number of aliphatic hydroxyl groups is 1. The van der Waals surface area contributed by atoms with E-state index in [0.717, 1.165) is 50.1 Å². The third-order valence-electron chi connectivity index (χ3n) is 4.27. The van der Waals surface area contributed by atoms with E-state index in [1.54, 1.807) is 0 Å². The van der Waals surface area contributed by atoms with E-state index < -0.39 is 5.60 Å². The van der Waals surface area contributed by atoms with Gasteiger partial charge in [0.25, 0.3) is 0 Å². The number of aliphatic hydroxyl groups excluding tert-OH is 1. The van der Waals surface area contributed by atoms with E-state index in [0.29, 0.717) is 6.61 Å². The van der Waals surface area contributed by atoms with Crippen LogP contribution in [0, 0.1) is 17.8 Å². The van der Waals surface area contributed by atoms with Crippen LogP contribution in [-0.4, -0.2) is 41.4 Å². The Hall–Kier alpha value is -0.770. The van der Waals surface area contributed by atoms with Crippen LogP contribution in [0.1, 0.15) is 46.5 Å². The van der Waals surface area contributed by atoms with Crippen molar-refractivity contribution >= 4 is 6.09 Å². The van der Waals surface area contributed by atoms with Crippen molar-refractivity contribution in [3.05, 3.63) is 0 Å². The fourth-order valence-electron chi connectivity index (χ4n) is 3.18. The van der Waals surface area contributed by atoms with E-state index in [9.17, 15) is 4.79 Å². The van der Waals surface area contributed by atoms with E-state index in [-0.39, 0.29) is 6.09 Å². The molecular weight excluding hydrogens is 242 g/mol. The second-order valence-electron chi connectivity index (χ2n) is 6.98. The van der Waals surface area contributed by atoms with Gasteiger partial charge in [-0.3, -0.25) is 0 Å². The minimum atomic E-state index is -0.406. The van der Waals surface area contributed by atoms with E-state index in [4.69, 9.17) is 9.84 Å². The number of likely N-dealkylation sites (tertiary alicyclic amines) is 1. The molecule has 1 saturated heterocycles. The lowest BCUT2D eigenvalue weighted by molar-refractivity contribution is 0.0174. The average Bonchev–Trinajstić information content (AvgIpc) is 3.07. The minimum Gasteiger partial charge on any atom is -0.444 e. The highest BCUT2D eigenvalue weighted by Crippen LogP contribution is 2.49. The second-order valence-corrected chi connectivity index (χ2v) is 6.98. The Kier molecular flexibility index (Phi) is 4.39. The zero-order valence-electron chi connectivity index (χ0n) is 12.4. The number of piperidine rings is 1. The first-order chi connectivity index (χ1) is 8.90. The zero-order chi connectivity index (χ0) is 14.0. The van der Waals surface area contributed by atoms with Gasteiger partial charge in [0.15, 0.2) is 0 Å². The molecule has 1 heterocycles. The molecule has 0 bridgehead atoms. The normalized spacial score (nSPS) is 28.3. The fourth-order valence-corrected chi connectivity index (χ4v) is 3.18. The Labute approximate surface area is 116 Å². The average molecular weight is 269 g/mol. The number of hydrogen-bond donors (Lipinski definition) is 1. The Morgan fingerprint density at radius 3 is 2.47 bits per heavy atom. The predicted octanol–water partition coefficient (Wildman–Crippen LogP) is 2.65. The number of nitrogens with zero attached hydrogens (tertiary/aromatic N) is 1. The van der Waals surface area contributed by atoms with Crippen molar-refractivity contribution in [3.63, 3.8) is 0 Å². The largest absolute Gasteiger partial charge is 0.444 e. The predicted molar refractivity (Wildman–Crippen MR) is 73.8 cm³/mol. The van der Waals surface area contributed by atoms with Gasteiger partial charge in [-0.1, -0.05) is 0 Å². The van der Waals surface area contributed by atoms with Crippen LogP contribution in [0.5, 0.6) is 0 Å². The Bertz CT molecular complexity index is 316. The van der Waals surface area contributed by atoms with Gasteiger partial charge < -0.3 is 14.7 Å². The van der Waals surface area contributed by atoms with Crippen molar-refractivity contribution < 1.29 is 14.6 Å². The Balaban J connectivity index is 1.72. The maximum Gasteiger partial charge on any atom is 0.410 e. The van der Waals surface area contributed by atoms with Crippen LogP contribution in [0.15, 0.2) is 0 Å². The topological polar surface area (TPSA) is 49.8 Å². The summed E-state index contributed by atoms with van der Waals surface area (Å²) in [4.78, 5) is 13.8. The van der Waals surface area contributed by atoms with Crippen LogP contribution in [0.2, 0.25) is 0 Å². The van der Waals surface area contributed by atoms with Gasteiger partial charge in [-0.15, -0.1) is 0 Å². The smallest absolute Gasteiger partial charge is 0.410 e.